The fourth-order valence-electron chi connectivity index (χ4n) is 5.64. The molecular weight excluding hydrogens is 533 g/mol. The molecule has 1 aliphatic heterocycles. The highest BCUT2D eigenvalue weighted by Crippen LogP contribution is 2.37. The summed E-state index contributed by atoms with van der Waals surface area (Å²) in [5, 5.41) is 7.27. The van der Waals surface area contributed by atoms with E-state index in [1.807, 2.05) is 32.2 Å². The zero-order valence-electron chi connectivity index (χ0n) is 23.4. The molecule has 2 atom stereocenters. The van der Waals surface area contributed by atoms with Crippen LogP contribution in [-0.4, -0.2) is 76.7 Å². The molecule has 8 nitrogen and oxygen atoms in total. The number of carbonyl (C=O) groups excluding carboxylic acids is 1. The van der Waals surface area contributed by atoms with Crippen molar-refractivity contribution in [2.45, 2.75) is 32.1 Å². The van der Waals surface area contributed by atoms with E-state index in [9.17, 15) is 18.0 Å². The average Bonchev–Trinajstić information content (AvgIpc) is 3.38. The predicted octanol–water partition coefficient (Wildman–Crippen LogP) is 4.84. The first-order valence-electron chi connectivity index (χ1n) is 13.5. The van der Waals surface area contributed by atoms with Crippen LogP contribution >= 0.6 is 0 Å². The monoisotopic (exact) mass is 566 g/mol. The first-order chi connectivity index (χ1) is 19.6. The molecule has 1 fully saturated rings. The van der Waals surface area contributed by atoms with Gasteiger partial charge in [0.05, 0.1) is 19.0 Å². The number of alkyl halides is 3. The van der Waals surface area contributed by atoms with Crippen LogP contribution in [0.5, 0.6) is 5.75 Å². The number of likely N-dealkylation sites (N-methyl/N-ethyl adjacent to an activating group) is 1. The zero-order valence-corrected chi connectivity index (χ0v) is 23.4. The van der Waals surface area contributed by atoms with Crippen LogP contribution in [0.1, 0.15) is 40.1 Å². The highest BCUT2D eigenvalue weighted by molar-refractivity contribution is 6.00. The number of methoxy groups -OCH3 is 1. The molecule has 5 rings (SSSR count). The lowest BCUT2D eigenvalue weighted by atomic mass is 10.0. The van der Waals surface area contributed by atoms with Crippen LogP contribution in [0.25, 0.3) is 16.9 Å². The second kappa shape index (κ2) is 11.5. The highest BCUT2D eigenvalue weighted by Gasteiger charge is 2.39. The van der Waals surface area contributed by atoms with Crippen molar-refractivity contribution < 1.29 is 22.7 Å². The number of fused-ring (bicyclic) bond motifs is 1. The summed E-state index contributed by atoms with van der Waals surface area (Å²) >= 11 is 0. The second-order valence-corrected chi connectivity index (χ2v) is 10.3. The van der Waals surface area contributed by atoms with Crippen molar-refractivity contribution in [3.8, 4) is 17.0 Å². The van der Waals surface area contributed by atoms with Gasteiger partial charge in [0, 0.05) is 49.4 Å². The summed E-state index contributed by atoms with van der Waals surface area (Å²) in [6.07, 6.45) is -3.51. The Morgan fingerprint density at radius 3 is 2.44 bits per heavy atom. The second-order valence-electron chi connectivity index (χ2n) is 10.3. The van der Waals surface area contributed by atoms with Gasteiger partial charge in [-0.15, -0.1) is 0 Å². The number of ether oxygens (including phenoxy) is 1. The number of benzene rings is 2. The molecule has 11 heteroatoms. The van der Waals surface area contributed by atoms with E-state index in [-0.39, 0.29) is 40.5 Å². The minimum Gasteiger partial charge on any atom is -0.497 e. The summed E-state index contributed by atoms with van der Waals surface area (Å²) < 4.78 is 48.9. The third-order valence-corrected chi connectivity index (χ3v) is 7.69. The van der Waals surface area contributed by atoms with E-state index < -0.39 is 11.9 Å². The molecule has 1 aliphatic rings. The number of nitrogens with one attached hydrogen (secondary N) is 1. The fraction of sp³-hybridized carbons (Fsp3) is 0.367. The summed E-state index contributed by atoms with van der Waals surface area (Å²) in [7, 11) is 3.42. The SMILES string of the molecule is CNC[C@@H](c1ccccc1)N1CCN(C(=O)c2cnn3c(C(F)(F)F)c(C)c(-c4ccc(OC)cc4)nc23)[C@H](C)C1. The number of nitrogens with zero attached hydrogens (tertiary/aromatic N) is 5. The molecule has 0 bridgehead atoms. The maximum atomic E-state index is 14.3. The molecule has 0 aliphatic carbocycles. The summed E-state index contributed by atoms with van der Waals surface area (Å²) in [5.41, 5.74) is 0.693. The molecule has 1 N–H and O–H groups in total. The standard InChI is InChI=1S/C30H33F3N6O2/c1-19-18-37(25(17-34-3)21-8-6-5-7-9-21)14-15-38(19)29(40)24-16-35-39-27(30(31,32)33)20(2)26(36-28(24)39)22-10-12-23(41-4)13-11-22/h5-13,16,19,25,34H,14-15,17-18H2,1-4H3/t19-,25+/m1/s1. The van der Waals surface area contributed by atoms with Gasteiger partial charge in [0.25, 0.3) is 5.91 Å². The summed E-state index contributed by atoms with van der Waals surface area (Å²) in [6.45, 7) is 5.73. The van der Waals surface area contributed by atoms with Crippen molar-refractivity contribution in [1.29, 1.82) is 0 Å². The maximum absolute atomic E-state index is 14.3. The third-order valence-electron chi connectivity index (χ3n) is 7.69. The number of piperazine rings is 1. The number of aromatic nitrogens is 3. The molecule has 4 aromatic rings. The summed E-state index contributed by atoms with van der Waals surface area (Å²) in [4.78, 5) is 22.5. The highest BCUT2D eigenvalue weighted by atomic mass is 19.4. The number of hydrogen-bond donors (Lipinski definition) is 1. The lowest BCUT2D eigenvalue weighted by molar-refractivity contribution is -0.143. The lowest BCUT2D eigenvalue weighted by Gasteiger charge is -2.43. The minimum absolute atomic E-state index is 0.0420. The number of amides is 1. The molecule has 2 aromatic heterocycles. The topological polar surface area (TPSA) is 75.0 Å². The normalized spacial score (nSPS) is 17.1. The Morgan fingerprint density at radius 1 is 1.12 bits per heavy atom. The number of hydrogen-bond acceptors (Lipinski definition) is 6. The maximum Gasteiger partial charge on any atom is 0.433 e. The molecule has 1 amide bonds. The van der Waals surface area contributed by atoms with Crippen LogP contribution in [0.15, 0.2) is 60.8 Å². The predicted molar refractivity (Wildman–Crippen MR) is 150 cm³/mol. The van der Waals surface area contributed by atoms with Gasteiger partial charge in [-0.1, -0.05) is 30.3 Å². The average molecular weight is 567 g/mol. The van der Waals surface area contributed by atoms with Crippen molar-refractivity contribution in [3.63, 3.8) is 0 Å². The van der Waals surface area contributed by atoms with E-state index in [0.717, 1.165) is 11.1 Å². The lowest BCUT2D eigenvalue weighted by Crippen LogP contribution is -2.55. The van der Waals surface area contributed by atoms with Gasteiger partial charge >= 0.3 is 6.18 Å². The van der Waals surface area contributed by atoms with Gasteiger partial charge < -0.3 is 15.0 Å². The van der Waals surface area contributed by atoms with Crippen molar-refractivity contribution in [3.05, 3.63) is 83.2 Å². The van der Waals surface area contributed by atoms with E-state index in [2.05, 4.69) is 32.4 Å². The van der Waals surface area contributed by atoms with Crippen molar-refractivity contribution in [2.24, 2.45) is 0 Å². The molecular formula is C30H33F3N6O2. The van der Waals surface area contributed by atoms with Crippen LogP contribution in [0, 0.1) is 6.92 Å². The molecule has 0 saturated carbocycles. The Morgan fingerprint density at radius 2 is 1.83 bits per heavy atom. The van der Waals surface area contributed by atoms with Crippen LogP contribution in [-0.2, 0) is 6.18 Å². The fourth-order valence-corrected chi connectivity index (χ4v) is 5.64. The third kappa shape index (κ3) is 5.51. The van der Waals surface area contributed by atoms with E-state index in [0.29, 0.717) is 30.9 Å². The van der Waals surface area contributed by atoms with Gasteiger partial charge in [0.2, 0.25) is 0 Å². The molecule has 0 radical (unpaired) electrons. The molecule has 3 heterocycles. The Bertz CT molecular complexity index is 1520. The molecule has 0 unspecified atom stereocenters. The molecule has 0 spiro atoms. The molecule has 2 aromatic carbocycles. The number of halogens is 3. The van der Waals surface area contributed by atoms with Crippen LogP contribution in [0.3, 0.4) is 0 Å². The zero-order chi connectivity index (χ0) is 29.3. The number of rotatable bonds is 7. The number of carbonyl (C=O) groups is 1. The Kier molecular flexibility index (Phi) is 8.01. The summed E-state index contributed by atoms with van der Waals surface area (Å²) in [6, 6.07) is 16.8. The van der Waals surface area contributed by atoms with Crippen LogP contribution < -0.4 is 10.1 Å². The molecule has 41 heavy (non-hydrogen) atoms. The Balaban J connectivity index is 1.49. The van der Waals surface area contributed by atoms with E-state index in [1.54, 1.807) is 29.2 Å². The summed E-state index contributed by atoms with van der Waals surface area (Å²) in [5.74, 6) is 0.184. The van der Waals surface area contributed by atoms with E-state index in [1.165, 1.54) is 25.8 Å². The van der Waals surface area contributed by atoms with Gasteiger partial charge in [0.15, 0.2) is 11.3 Å². The van der Waals surface area contributed by atoms with Crippen LogP contribution in [0.2, 0.25) is 0 Å². The quantitative estimate of drug-likeness (QED) is 0.345. The van der Waals surface area contributed by atoms with Gasteiger partial charge in [-0.25, -0.2) is 9.50 Å². The van der Waals surface area contributed by atoms with Crippen LogP contribution in [0.4, 0.5) is 13.2 Å². The Hall–Kier alpha value is -3.96. The van der Waals surface area contributed by atoms with E-state index in [4.69, 9.17) is 4.74 Å². The first kappa shape index (κ1) is 28.6. The molecule has 1 saturated heterocycles. The Labute approximate surface area is 236 Å². The van der Waals surface area contributed by atoms with Crippen molar-refractivity contribution in [2.75, 3.05) is 40.3 Å². The van der Waals surface area contributed by atoms with Gasteiger partial charge in [-0.2, -0.15) is 18.3 Å². The van der Waals surface area contributed by atoms with Crippen molar-refractivity contribution >= 4 is 11.6 Å². The van der Waals surface area contributed by atoms with Crippen molar-refractivity contribution in [1.82, 2.24) is 29.7 Å². The molecule has 216 valence electrons. The largest absolute Gasteiger partial charge is 0.497 e. The van der Waals surface area contributed by atoms with E-state index >= 15 is 0 Å². The first-order valence-corrected chi connectivity index (χ1v) is 13.5. The van der Waals surface area contributed by atoms with Gasteiger partial charge in [-0.05, 0) is 50.7 Å². The van der Waals surface area contributed by atoms with Gasteiger partial charge in [0.1, 0.15) is 11.3 Å². The van der Waals surface area contributed by atoms with Gasteiger partial charge in [-0.3, -0.25) is 9.69 Å². The minimum atomic E-state index is -4.71. The smallest absolute Gasteiger partial charge is 0.433 e.